The Bertz CT molecular complexity index is 2130. The Labute approximate surface area is 290 Å². The topological polar surface area (TPSA) is 163 Å². The van der Waals surface area contributed by atoms with E-state index in [9.17, 15) is 24.3 Å². The van der Waals surface area contributed by atoms with Crippen LogP contribution in [0, 0.1) is 0 Å². The van der Waals surface area contributed by atoms with Gasteiger partial charge in [-0.15, -0.1) is 0 Å². The normalized spacial score (nSPS) is 18.2. The first-order valence-electron chi connectivity index (χ1n) is 15.9. The molecule has 7 rings (SSSR count). The molecule has 3 heterocycles. The molecule has 0 bridgehead atoms. The number of anilines is 1. The molecule has 1 N–H and O–H groups in total. The van der Waals surface area contributed by atoms with Crippen molar-refractivity contribution in [3.05, 3.63) is 156 Å². The number of hydrogen-bond acceptors (Lipinski definition) is 11. The van der Waals surface area contributed by atoms with E-state index >= 15 is 0 Å². The molecule has 0 saturated carbocycles. The second-order valence-electron chi connectivity index (χ2n) is 11.4. The number of carbonyl (C=O) groups excluding carboxylic acids is 4. The highest BCUT2D eigenvalue weighted by atomic mass is 16.6. The molecule has 1 aliphatic rings. The summed E-state index contributed by atoms with van der Waals surface area (Å²) >= 11 is 0. The lowest BCUT2D eigenvalue weighted by atomic mass is 10.1. The van der Waals surface area contributed by atoms with Crippen LogP contribution in [0.4, 0.5) is 5.82 Å². The van der Waals surface area contributed by atoms with Gasteiger partial charge in [0.1, 0.15) is 12.4 Å². The molecular weight excluding hydrogens is 654 g/mol. The molecule has 4 aromatic carbocycles. The summed E-state index contributed by atoms with van der Waals surface area (Å²) in [5.74, 6) is -2.87. The Morgan fingerprint density at radius 2 is 1.12 bits per heavy atom. The number of aliphatic hydroxyl groups excluding tert-OH is 1. The maximum absolute atomic E-state index is 14.0. The monoisotopic (exact) mass is 683 g/mol. The van der Waals surface area contributed by atoms with Crippen molar-refractivity contribution in [1.82, 2.24) is 19.5 Å². The van der Waals surface area contributed by atoms with Gasteiger partial charge in [0.05, 0.1) is 24.1 Å². The molecule has 1 saturated heterocycles. The third kappa shape index (κ3) is 6.58. The van der Waals surface area contributed by atoms with Gasteiger partial charge >= 0.3 is 11.9 Å². The van der Waals surface area contributed by atoms with Crippen molar-refractivity contribution in [2.24, 2.45) is 0 Å². The molecule has 13 heteroatoms. The van der Waals surface area contributed by atoms with Crippen LogP contribution in [0.2, 0.25) is 0 Å². The molecule has 2 amide bonds. The second kappa shape index (κ2) is 14.5. The van der Waals surface area contributed by atoms with E-state index < -0.39 is 54.9 Å². The van der Waals surface area contributed by atoms with E-state index in [-0.39, 0.29) is 39.2 Å². The van der Waals surface area contributed by atoms with Gasteiger partial charge in [-0.05, 0) is 48.5 Å². The summed E-state index contributed by atoms with van der Waals surface area (Å²) in [6.07, 6.45) is -2.47. The SMILES string of the molecule is O=C(O[C@H]1[C@H](OC(=O)c2ccccc2)[C@@H](n2cnc3c(N(C(=O)c4ccccc4)C(=O)c4ccccc4)ncnc32)O[C@H]1CO)c1ccccc1. The number of rotatable bonds is 9. The van der Waals surface area contributed by atoms with E-state index in [1.165, 1.54) is 10.9 Å². The van der Waals surface area contributed by atoms with Gasteiger partial charge < -0.3 is 19.3 Å². The van der Waals surface area contributed by atoms with Gasteiger partial charge in [0.25, 0.3) is 11.8 Å². The van der Waals surface area contributed by atoms with Crippen LogP contribution < -0.4 is 4.90 Å². The van der Waals surface area contributed by atoms with Gasteiger partial charge in [0, 0.05) is 11.1 Å². The predicted octanol–water partition coefficient (Wildman–Crippen LogP) is 4.65. The van der Waals surface area contributed by atoms with Crippen molar-refractivity contribution in [1.29, 1.82) is 0 Å². The van der Waals surface area contributed by atoms with Crippen molar-refractivity contribution in [3.63, 3.8) is 0 Å². The third-order valence-corrected chi connectivity index (χ3v) is 8.24. The Hall–Kier alpha value is -6.57. The molecule has 254 valence electrons. The summed E-state index contributed by atoms with van der Waals surface area (Å²) in [6.45, 7) is -0.597. The molecule has 1 fully saturated rings. The van der Waals surface area contributed by atoms with Gasteiger partial charge in [-0.2, -0.15) is 0 Å². The molecule has 2 aromatic heterocycles. The highest BCUT2D eigenvalue weighted by Gasteiger charge is 2.51. The fourth-order valence-corrected chi connectivity index (χ4v) is 5.77. The van der Waals surface area contributed by atoms with Crippen molar-refractivity contribution < 1.29 is 38.5 Å². The minimum atomic E-state index is -1.31. The van der Waals surface area contributed by atoms with Crippen LogP contribution in [0.25, 0.3) is 11.2 Å². The number of imidazole rings is 1. The number of imide groups is 1. The van der Waals surface area contributed by atoms with Crippen LogP contribution >= 0.6 is 0 Å². The Balaban J connectivity index is 1.31. The number of ether oxygens (including phenoxy) is 3. The summed E-state index contributed by atoms with van der Waals surface area (Å²) in [6, 6.07) is 32.9. The highest BCUT2D eigenvalue weighted by molar-refractivity contribution is 6.27. The van der Waals surface area contributed by atoms with E-state index in [1.807, 2.05) is 0 Å². The third-order valence-electron chi connectivity index (χ3n) is 8.24. The summed E-state index contributed by atoms with van der Waals surface area (Å²) in [5.41, 5.74) is 1.08. The quantitative estimate of drug-likeness (QED) is 0.167. The van der Waals surface area contributed by atoms with Crippen molar-refractivity contribution in [2.45, 2.75) is 24.5 Å². The summed E-state index contributed by atoms with van der Waals surface area (Å²) in [4.78, 5) is 68.8. The Morgan fingerprint density at radius 1 is 0.647 bits per heavy atom. The van der Waals surface area contributed by atoms with Gasteiger partial charge in [0.15, 0.2) is 35.4 Å². The van der Waals surface area contributed by atoms with Crippen LogP contribution in [-0.2, 0) is 14.2 Å². The molecule has 1 aliphatic heterocycles. The molecule has 4 atom stereocenters. The summed E-state index contributed by atoms with van der Waals surface area (Å²) in [5, 5.41) is 10.4. The zero-order valence-electron chi connectivity index (χ0n) is 26.8. The van der Waals surface area contributed by atoms with E-state index in [2.05, 4.69) is 15.0 Å². The number of hydrogen-bond donors (Lipinski definition) is 1. The lowest BCUT2D eigenvalue weighted by Crippen LogP contribution is -2.40. The maximum atomic E-state index is 14.0. The molecular formula is C38H29N5O8. The first-order valence-corrected chi connectivity index (χ1v) is 15.9. The number of carbonyl (C=O) groups is 4. The highest BCUT2D eigenvalue weighted by Crippen LogP contribution is 2.37. The average Bonchev–Trinajstić information content (AvgIpc) is 3.77. The van der Waals surface area contributed by atoms with E-state index in [0.717, 1.165) is 11.2 Å². The molecule has 0 spiro atoms. The number of aromatic nitrogens is 4. The minimum absolute atomic E-state index is 0.0491. The molecule has 51 heavy (non-hydrogen) atoms. The van der Waals surface area contributed by atoms with Gasteiger partial charge in [-0.3, -0.25) is 14.2 Å². The molecule has 13 nitrogen and oxygen atoms in total. The van der Waals surface area contributed by atoms with Crippen molar-refractivity contribution in [2.75, 3.05) is 11.5 Å². The Morgan fingerprint density at radius 3 is 1.61 bits per heavy atom. The van der Waals surface area contributed by atoms with Crippen molar-refractivity contribution >= 4 is 40.7 Å². The van der Waals surface area contributed by atoms with Crippen LogP contribution in [0.3, 0.4) is 0 Å². The first kappa shape index (κ1) is 33.0. The molecule has 0 unspecified atom stereocenters. The van der Waals surface area contributed by atoms with Gasteiger partial charge in [0.2, 0.25) is 0 Å². The number of amides is 2. The van der Waals surface area contributed by atoms with E-state index in [1.54, 1.807) is 121 Å². The predicted molar refractivity (Wildman–Crippen MR) is 182 cm³/mol. The Kier molecular flexibility index (Phi) is 9.37. The fraction of sp³-hybridized carbons (Fsp3) is 0.132. The van der Waals surface area contributed by atoms with Gasteiger partial charge in [-0.1, -0.05) is 72.8 Å². The van der Waals surface area contributed by atoms with E-state index in [0.29, 0.717) is 0 Å². The van der Waals surface area contributed by atoms with Crippen LogP contribution in [0.5, 0.6) is 0 Å². The minimum Gasteiger partial charge on any atom is -0.452 e. The summed E-state index contributed by atoms with van der Waals surface area (Å²) in [7, 11) is 0. The molecule has 0 aliphatic carbocycles. The number of fused-ring (bicyclic) bond motifs is 1. The van der Waals surface area contributed by atoms with Crippen molar-refractivity contribution in [3.8, 4) is 0 Å². The maximum Gasteiger partial charge on any atom is 0.338 e. The fourth-order valence-electron chi connectivity index (χ4n) is 5.77. The van der Waals surface area contributed by atoms with Gasteiger partial charge in [-0.25, -0.2) is 29.4 Å². The number of esters is 2. The smallest absolute Gasteiger partial charge is 0.338 e. The molecule has 6 aromatic rings. The van der Waals surface area contributed by atoms with Crippen LogP contribution in [0.15, 0.2) is 134 Å². The van der Waals surface area contributed by atoms with Crippen LogP contribution in [-0.4, -0.2) is 73.3 Å². The summed E-state index contributed by atoms with van der Waals surface area (Å²) < 4.78 is 19.4. The lowest BCUT2D eigenvalue weighted by molar-refractivity contribution is -0.0566. The lowest BCUT2D eigenvalue weighted by Gasteiger charge is -2.25. The first-order chi connectivity index (χ1) is 24.9. The second-order valence-corrected chi connectivity index (χ2v) is 11.4. The number of benzene rings is 4. The standard InChI is InChI=1S/C38H29N5O8/c44-21-28-30(50-37(47)26-17-9-3-10-18-26)31(51-38(48)27-19-11-4-12-20-27)36(49-28)42-23-41-29-32(42)39-22-40-33(29)43(34(45)24-13-5-1-6-14-24)35(46)25-15-7-2-8-16-25/h1-20,22-23,28,30-31,36,44H,21H2/t28-,30+,31-,36-/m0/s1. The zero-order valence-corrected chi connectivity index (χ0v) is 26.8. The van der Waals surface area contributed by atoms with E-state index in [4.69, 9.17) is 14.2 Å². The zero-order chi connectivity index (χ0) is 35.3. The largest absolute Gasteiger partial charge is 0.452 e. The van der Waals surface area contributed by atoms with Crippen LogP contribution in [0.1, 0.15) is 47.7 Å². The average molecular weight is 684 g/mol. The number of nitrogens with zero attached hydrogens (tertiary/aromatic N) is 5. The number of aliphatic hydroxyl groups is 1. The molecule has 0 radical (unpaired) electrons.